The fourth-order valence-corrected chi connectivity index (χ4v) is 2.17. The maximum absolute atomic E-state index is 5.69. The average molecular weight is 241 g/mol. The molecule has 1 heterocycles. The molecule has 1 atom stereocenters. The van der Waals surface area contributed by atoms with E-state index in [0.717, 1.165) is 19.7 Å². The lowest BCUT2D eigenvalue weighted by Gasteiger charge is -2.16. The molecule has 0 aliphatic carbocycles. The van der Waals surface area contributed by atoms with Gasteiger partial charge in [-0.15, -0.1) is 11.3 Å². The van der Waals surface area contributed by atoms with Gasteiger partial charge in [-0.3, -0.25) is 0 Å². The molecular weight excluding hydrogens is 218 g/mol. The quantitative estimate of drug-likeness (QED) is 0.740. The lowest BCUT2D eigenvalue weighted by Crippen LogP contribution is -2.23. The van der Waals surface area contributed by atoms with Gasteiger partial charge in [0.2, 0.25) is 0 Å². The smallest absolute Gasteiger partial charge is 0.0594 e. The van der Waals surface area contributed by atoms with Gasteiger partial charge >= 0.3 is 0 Å². The highest BCUT2D eigenvalue weighted by Crippen LogP contribution is 2.14. The summed E-state index contributed by atoms with van der Waals surface area (Å²) in [5.74, 6) is 0.597. The van der Waals surface area contributed by atoms with E-state index in [1.807, 2.05) is 11.3 Å². The van der Waals surface area contributed by atoms with Crippen molar-refractivity contribution in [2.75, 3.05) is 13.2 Å². The first-order chi connectivity index (χ1) is 7.61. The van der Waals surface area contributed by atoms with Gasteiger partial charge in [-0.05, 0) is 36.8 Å². The van der Waals surface area contributed by atoms with Gasteiger partial charge in [-0.1, -0.05) is 13.8 Å². The van der Waals surface area contributed by atoms with Crippen molar-refractivity contribution in [2.45, 2.75) is 40.3 Å². The van der Waals surface area contributed by atoms with Gasteiger partial charge in [0.15, 0.2) is 0 Å². The Morgan fingerprint density at radius 3 is 2.69 bits per heavy atom. The van der Waals surface area contributed by atoms with Crippen molar-refractivity contribution >= 4 is 11.3 Å². The maximum Gasteiger partial charge on any atom is 0.0594 e. The van der Waals surface area contributed by atoms with Gasteiger partial charge in [0, 0.05) is 18.0 Å². The minimum Gasteiger partial charge on any atom is -0.377 e. The fraction of sp³-hybridized carbons (Fsp3) is 0.692. The van der Waals surface area contributed by atoms with Crippen molar-refractivity contribution in [1.82, 2.24) is 5.32 Å². The molecule has 2 nitrogen and oxygen atoms in total. The van der Waals surface area contributed by atoms with Crippen LogP contribution in [0.5, 0.6) is 0 Å². The van der Waals surface area contributed by atoms with E-state index in [1.165, 1.54) is 10.4 Å². The first kappa shape index (κ1) is 13.7. The summed E-state index contributed by atoms with van der Waals surface area (Å²) in [6.45, 7) is 11.3. The third kappa shape index (κ3) is 4.64. The Morgan fingerprint density at radius 1 is 1.38 bits per heavy atom. The minimum atomic E-state index is 0.352. The van der Waals surface area contributed by atoms with Gasteiger partial charge in [0.1, 0.15) is 0 Å². The molecule has 1 unspecified atom stereocenters. The van der Waals surface area contributed by atoms with Crippen molar-refractivity contribution in [2.24, 2.45) is 5.92 Å². The van der Waals surface area contributed by atoms with Crippen LogP contribution < -0.4 is 5.32 Å². The highest BCUT2D eigenvalue weighted by molar-refractivity contribution is 7.10. The van der Waals surface area contributed by atoms with Crippen molar-refractivity contribution in [1.29, 1.82) is 0 Å². The largest absolute Gasteiger partial charge is 0.377 e. The monoisotopic (exact) mass is 241 g/mol. The predicted octanol–water partition coefficient (Wildman–Crippen LogP) is 3.21. The fourth-order valence-electron chi connectivity index (χ4n) is 1.30. The summed E-state index contributed by atoms with van der Waals surface area (Å²) in [6, 6.07) is 2.17. The highest BCUT2D eigenvalue weighted by atomic mass is 32.1. The van der Waals surface area contributed by atoms with Crippen LogP contribution in [0.4, 0.5) is 0 Å². The van der Waals surface area contributed by atoms with Crippen LogP contribution in [0.15, 0.2) is 11.4 Å². The molecule has 1 aromatic heterocycles. The Labute approximate surface area is 103 Å². The summed E-state index contributed by atoms with van der Waals surface area (Å²) in [4.78, 5) is 1.43. The molecular formula is C13H23NOS. The van der Waals surface area contributed by atoms with Crippen LogP contribution in [0.3, 0.4) is 0 Å². The predicted molar refractivity (Wildman–Crippen MR) is 71.0 cm³/mol. The van der Waals surface area contributed by atoms with Crippen LogP contribution in [0, 0.1) is 12.8 Å². The summed E-state index contributed by atoms with van der Waals surface area (Å²) in [7, 11) is 0. The Morgan fingerprint density at radius 2 is 2.12 bits per heavy atom. The molecule has 0 bridgehead atoms. The molecule has 0 saturated carbocycles. The van der Waals surface area contributed by atoms with E-state index < -0.39 is 0 Å². The normalized spacial score (nSPS) is 13.3. The van der Waals surface area contributed by atoms with Gasteiger partial charge < -0.3 is 10.1 Å². The lowest BCUT2D eigenvalue weighted by molar-refractivity contribution is 0.0373. The summed E-state index contributed by atoms with van der Waals surface area (Å²) in [5.41, 5.74) is 1.38. The summed E-state index contributed by atoms with van der Waals surface area (Å²) in [6.07, 6.45) is 0.352. The number of hydrogen-bond donors (Lipinski definition) is 1. The molecule has 3 heteroatoms. The molecule has 0 aliphatic heterocycles. The van der Waals surface area contributed by atoms with E-state index in [-0.39, 0.29) is 0 Å². The molecule has 92 valence electrons. The molecule has 0 aliphatic rings. The van der Waals surface area contributed by atoms with Crippen molar-refractivity contribution < 1.29 is 4.74 Å². The molecule has 1 aromatic rings. The van der Waals surface area contributed by atoms with Gasteiger partial charge in [-0.25, -0.2) is 0 Å². The summed E-state index contributed by atoms with van der Waals surface area (Å²) in [5, 5.41) is 5.55. The molecule has 0 radical (unpaired) electrons. The number of aryl methyl sites for hydroxylation is 1. The minimum absolute atomic E-state index is 0.352. The van der Waals surface area contributed by atoms with Crippen LogP contribution in [-0.4, -0.2) is 19.3 Å². The average Bonchev–Trinajstić information content (AvgIpc) is 2.63. The third-order valence-electron chi connectivity index (χ3n) is 2.85. The SMILES string of the molecule is Cc1ccsc1CNCCOC(C)C(C)C. The van der Waals surface area contributed by atoms with Gasteiger partial charge in [-0.2, -0.15) is 0 Å². The zero-order valence-corrected chi connectivity index (χ0v) is 11.6. The topological polar surface area (TPSA) is 21.3 Å². The van der Waals surface area contributed by atoms with E-state index in [1.54, 1.807) is 0 Å². The molecule has 16 heavy (non-hydrogen) atoms. The molecule has 1 N–H and O–H groups in total. The summed E-state index contributed by atoms with van der Waals surface area (Å²) < 4.78 is 5.69. The Kier molecular flexibility index (Phi) is 6.03. The number of ether oxygens (including phenoxy) is 1. The van der Waals surface area contributed by atoms with Crippen LogP contribution in [0.25, 0.3) is 0 Å². The van der Waals surface area contributed by atoms with E-state index in [2.05, 4.69) is 44.5 Å². The first-order valence-electron chi connectivity index (χ1n) is 5.96. The third-order valence-corrected chi connectivity index (χ3v) is 3.88. The molecule has 0 amide bonds. The van der Waals surface area contributed by atoms with Crippen molar-refractivity contribution in [3.63, 3.8) is 0 Å². The van der Waals surface area contributed by atoms with Crippen LogP contribution in [-0.2, 0) is 11.3 Å². The number of hydrogen-bond acceptors (Lipinski definition) is 3. The molecule has 0 aromatic carbocycles. The van der Waals surface area contributed by atoms with E-state index in [0.29, 0.717) is 12.0 Å². The van der Waals surface area contributed by atoms with Gasteiger partial charge in [0.05, 0.1) is 12.7 Å². The molecule has 0 fully saturated rings. The Bertz CT molecular complexity index is 296. The lowest BCUT2D eigenvalue weighted by atomic mass is 10.1. The van der Waals surface area contributed by atoms with Crippen molar-refractivity contribution in [3.8, 4) is 0 Å². The second-order valence-electron chi connectivity index (χ2n) is 4.52. The molecule has 0 saturated heterocycles. The number of nitrogens with one attached hydrogen (secondary N) is 1. The molecule has 1 rings (SSSR count). The van der Waals surface area contributed by atoms with E-state index >= 15 is 0 Å². The van der Waals surface area contributed by atoms with E-state index in [4.69, 9.17) is 4.74 Å². The number of thiophene rings is 1. The first-order valence-corrected chi connectivity index (χ1v) is 6.84. The highest BCUT2D eigenvalue weighted by Gasteiger charge is 2.06. The van der Waals surface area contributed by atoms with Crippen LogP contribution in [0.1, 0.15) is 31.2 Å². The van der Waals surface area contributed by atoms with Crippen LogP contribution >= 0.6 is 11.3 Å². The summed E-state index contributed by atoms with van der Waals surface area (Å²) >= 11 is 1.82. The Balaban J connectivity index is 2.07. The van der Waals surface area contributed by atoms with Crippen LogP contribution in [0.2, 0.25) is 0 Å². The van der Waals surface area contributed by atoms with Crippen molar-refractivity contribution in [3.05, 3.63) is 21.9 Å². The zero-order chi connectivity index (χ0) is 12.0. The maximum atomic E-state index is 5.69. The Hall–Kier alpha value is -0.380. The second kappa shape index (κ2) is 7.05. The molecule has 0 spiro atoms. The standard InChI is InChI=1S/C13H23NOS/c1-10(2)12(4)15-7-6-14-9-13-11(3)5-8-16-13/h5,8,10,12,14H,6-7,9H2,1-4H3. The van der Waals surface area contributed by atoms with E-state index in [9.17, 15) is 0 Å². The van der Waals surface area contributed by atoms with Gasteiger partial charge in [0.25, 0.3) is 0 Å². The zero-order valence-electron chi connectivity index (χ0n) is 10.7. The second-order valence-corrected chi connectivity index (χ2v) is 5.52. The number of rotatable bonds is 7.